The number of fused-ring (bicyclic) bond motifs is 1. The van der Waals surface area contributed by atoms with Gasteiger partial charge in [-0.05, 0) is 29.8 Å². The minimum absolute atomic E-state index is 0.0664. The highest BCUT2D eigenvalue weighted by atomic mass is 16.5. The lowest BCUT2D eigenvalue weighted by Crippen LogP contribution is -1.97. The Morgan fingerprint density at radius 3 is 2.94 bits per heavy atom. The molecule has 0 spiro atoms. The molecule has 0 aliphatic heterocycles. The van der Waals surface area contributed by atoms with Crippen molar-refractivity contribution >= 4 is 16.7 Å². The summed E-state index contributed by atoms with van der Waals surface area (Å²) in [5.74, 6) is 0.633. The van der Waals surface area contributed by atoms with E-state index in [9.17, 15) is 4.79 Å². The van der Waals surface area contributed by atoms with Gasteiger partial charge in [0.1, 0.15) is 17.0 Å². The van der Waals surface area contributed by atoms with Crippen LogP contribution in [-0.2, 0) is 0 Å². The van der Waals surface area contributed by atoms with Crippen molar-refractivity contribution in [3.05, 3.63) is 45.1 Å². The summed E-state index contributed by atoms with van der Waals surface area (Å²) in [5, 5.41) is 3.89. The molecular formula is C10H7N3O3. The van der Waals surface area contributed by atoms with Gasteiger partial charge in [0.05, 0.1) is 7.11 Å². The second kappa shape index (κ2) is 3.96. The van der Waals surface area contributed by atoms with E-state index in [4.69, 9.17) is 14.7 Å². The summed E-state index contributed by atoms with van der Waals surface area (Å²) in [5.41, 5.74) is 7.97. The number of azide groups is 1. The second-order valence-corrected chi connectivity index (χ2v) is 3.01. The molecule has 0 saturated heterocycles. The van der Waals surface area contributed by atoms with Crippen LogP contribution in [0.15, 0.2) is 38.6 Å². The SMILES string of the molecule is COc1ccc2oc(=O)c(N=[N+]=[N-])cc2c1. The number of rotatable bonds is 2. The highest BCUT2D eigenvalue weighted by molar-refractivity contribution is 5.80. The van der Waals surface area contributed by atoms with Crippen molar-refractivity contribution in [1.82, 2.24) is 0 Å². The molecule has 0 saturated carbocycles. The van der Waals surface area contributed by atoms with Crippen LogP contribution in [0.25, 0.3) is 21.4 Å². The Morgan fingerprint density at radius 2 is 2.25 bits per heavy atom. The molecular weight excluding hydrogens is 210 g/mol. The molecule has 1 heterocycles. The molecule has 2 rings (SSSR count). The number of hydrogen-bond acceptors (Lipinski definition) is 4. The van der Waals surface area contributed by atoms with E-state index in [1.54, 1.807) is 18.2 Å². The third kappa shape index (κ3) is 1.69. The van der Waals surface area contributed by atoms with Crippen LogP contribution in [0.4, 0.5) is 5.69 Å². The molecule has 0 fully saturated rings. The van der Waals surface area contributed by atoms with Crippen LogP contribution in [0.5, 0.6) is 5.75 Å². The van der Waals surface area contributed by atoms with Gasteiger partial charge in [-0.25, -0.2) is 4.79 Å². The van der Waals surface area contributed by atoms with Crippen LogP contribution in [-0.4, -0.2) is 7.11 Å². The number of hydrogen-bond donors (Lipinski definition) is 0. The Hall–Kier alpha value is -2.46. The standard InChI is InChI=1S/C10H7N3O3/c1-15-7-2-3-9-6(4-7)5-8(12-13-11)10(14)16-9/h2-5H,1H3. The lowest BCUT2D eigenvalue weighted by Gasteiger charge is -2.01. The number of benzene rings is 1. The third-order valence-electron chi connectivity index (χ3n) is 2.07. The van der Waals surface area contributed by atoms with Crippen molar-refractivity contribution in [2.45, 2.75) is 0 Å². The Morgan fingerprint density at radius 1 is 1.44 bits per heavy atom. The largest absolute Gasteiger partial charge is 0.497 e. The van der Waals surface area contributed by atoms with Crippen LogP contribution in [0, 0.1) is 0 Å². The van der Waals surface area contributed by atoms with Crippen LogP contribution in [0.1, 0.15) is 0 Å². The maximum absolute atomic E-state index is 11.3. The predicted molar refractivity (Wildman–Crippen MR) is 57.8 cm³/mol. The first-order valence-electron chi connectivity index (χ1n) is 4.41. The van der Waals surface area contributed by atoms with E-state index < -0.39 is 5.63 Å². The van der Waals surface area contributed by atoms with E-state index in [1.807, 2.05) is 0 Å². The van der Waals surface area contributed by atoms with Gasteiger partial charge in [-0.2, -0.15) is 0 Å². The molecule has 0 radical (unpaired) electrons. The predicted octanol–water partition coefficient (Wildman–Crippen LogP) is 2.74. The van der Waals surface area contributed by atoms with Crippen molar-refractivity contribution in [2.75, 3.05) is 7.11 Å². The van der Waals surface area contributed by atoms with E-state index in [0.29, 0.717) is 16.7 Å². The third-order valence-corrected chi connectivity index (χ3v) is 2.07. The zero-order chi connectivity index (χ0) is 11.5. The van der Waals surface area contributed by atoms with E-state index >= 15 is 0 Å². The molecule has 1 aromatic heterocycles. The Kier molecular flexibility index (Phi) is 2.49. The first-order valence-corrected chi connectivity index (χ1v) is 4.41. The maximum Gasteiger partial charge on any atom is 0.345 e. The summed E-state index contributed by atoms with van der Waals surface area (Å²) in [4.78, 5) is 13.9. The van der Waals surface area contributed by atoms with Crippen molar-refractivity contribution in [3.63, 3.8) is 0 Å². The van der Waals surface area contributed by atoms with Crippen LogP contribution < -0.4 is 10.4 Å². The Balaban J connectivity index is 2.75. The van der Waals surface area contributed by atoms with Gasteiger partial charge in [0.25, 0.3) is 0 Å². The summed E-state index contributed by atoms with van der Waals surface area (Å²) in [6, 6.07) is 6.45. The van der Waals surface area contributed by atoms with E-state index in [2.05, 4.69) is 10.0 Å². The average molecular weight is 217 g/mol. The molecule has 0 atom stereocenters. The van der Waals surface area contributed by atoms with Crippen molar-refractivity contribution in [3.8, 4) is 5.75 Å². The molecule has 0 amide bonds. The van der Waals surface area contributed by atoms with Gasteiger partial charge in [-0.15, -0.1) is 0 Å². The van der Waals surface area contributed by atoms with Crippen LogP contribution in [0.2, 0.25) is 0 Å². The zero-order valence-corrected chi connectivity index (χ0v) is 8.38. The van der Waals surface area contributed by atoms with Crippen LogP contribution >= 0.6 is 0 Å². The molecule has 80 valence electrons. The van der Waals surface area contributed by atoms with Crippen molar-refractivity contribution < 1.29 is 9.15 Å². The second-order valence-electron chi connectivity index (χ2n) is 3.01. The molecule has 0 aliphatic carbocycles. The molecule has 0 aliphatic rings. The van der Waals surface area contributed by atoms with Crippen molar-refractivity contribution in [1.29, 1.82) is 0 Å². The number of ether oxygens (including phenoxy) is 1. The van der Waals surface area contributed by atoms with Crippen molar-refractivity contribution in [2.24, 2.45) is 5.11 Å². The number of nitrogens with zero attached hydrogens (tertiary/aromatic N) is 3. The van der Waals surface area contributed by atoms with Gasteiger partial charge >= 0.3 is 5.63 Å². The fraction of sp³-hybridized carbons (Fsp3) is 0.100. The highest BCUT2D eigenvalue weighted by Gasteiger charge is 2.04. The molecule has 2 aromatic rings. The topological polar surface area (TPSA) is 88.2 Å². The summed E-state index contributed by atoms with van der Waals surface area (Å²) in [6.45, 7) is 0. The smallest absolute Gasteiger partial charge is 0.345 e. The highest BCUT2D eigenvalue weighted by Crippen LogP contribution is 2.22. The maximum atomic E-state index is 11.3. The van der Waals surface area contributed by atoms with Gasteiger partial charge in [0.15, 0.2) is 0 Å². The van der Waals surface area contributed by atoms with Gasteiger partial charge in [-0.3, -0.25) is 0 Å². The first-order chi connectivity index (χ1) is 7.74. The summed E-state index contributed by atoms with van der Waals surface area (Å²) < 4.78 is 10.00. The average Bonchev–Trinajstić information content (AvgIpc) is 2.30. The monoisotopic (exact) mass is 217 g/mol. The fourth-order valence-electron chi connectivity index (χ4n) is 1.34. The lowest BCUT2D eigenvalue weighted by atomic mass is 10.2. The first kappa shape index (κ1) is 10.1. The summed E-state index contributed by atoms with van der Waals surface area (Å²) in [6.07, 6.45) is 0. The number of methoxy groups -OCH3 is 1. The molecule has 6 heteroatoms. The summed E-state index contributed by atoms with van der Waals surface area (Å²) in [7, 11) is 1.54. The van der Waals surface area contributed by atoms with E-state index in [0.717, 1.165) is 0 Å². The molecule has 0 N–H and O–H groups in total. The lowest BCUT2D eigenvalue weighted by molar-refractivity contribution is 0.415. The van der Waals surface area contributed by atoms with E-state index in [1.165, 1.54) is 13.2 Å². The zero-order valence-electron chi connectivity index (χ0n) is 8.38. The quantitative estimate of drug-likeness (QED) is 0.335. The molecule has 6 nitrogen and oxygen atoms in total. The molecule has 0 bridgehead atoms. The fourth-order valence-corrected chi connectivity index (χ4v) is 1.34. The minimum atomic E-state index is -0.657. The van der Waals surface area contributed by atoms with Gasteiger partial charge < -0.3 is 9.15 Å². The Labute approximate surface area is 89.7 Å². The van der Waals surface area contributed by atoms with Crippen LogP contribution in [0.3, 0.4) is 0 Å². The molecule has 1 aromatic carbocycles. The summed E-state index contributed by atoms with van der Waals surface area (Å²) >= 11 is 0. The van der Waals surface area contributed by atoms with Gasteiger partial charge in [0, 0.05) is 10.3 Å². The molecule has 0 unspecified atom stereocenters. The normalized spacial score (nSPS) is 9.81. The molecule has 16 heavy (non-hydrogen) atoms. The van der Waals surface area contributed by atoms with Gasteiger partial charge in [-0.1, -0.05) is 5.11 Å². The van der Waals surface area contributed by atoms with Gasteiger partial charge in [0.2, 0.25) is 0 Å². The minimum Gasteiger partial charge on any atom is -0.497 e. The van der Waals surface area contributed by atoms with E-state index in [-0.39, 0.29) is 5.69 Å². The Bertz CT molecular complexity index is 641.